The first-order chi connectivity index (χ1) is 12.4. The topological polar surface area (TPSA) is 93.7 Å². The number of esters is 1. The summed E-state index contributed by atoms with van der Waals surface area (Å²) < 4.78 is 9.79. The first-order valence-corrected chi connectivity index (χ1v) is 7.93. The monoisotopic (exact) mass is 376 g/mol. The molecule has 0 spiro atoms. The van der Waals surface area contributed by atoms with Crippen molar-refractivity contribution in [2.45, 2.75) is 6.42 Å². The number of benzene rings is 2. The fraction of sp³-hybridized carbons (Fsp3) is 0.167. The number of anilines is 2. The van der Waals surface area contributed by atoms with Crippen LogP contribution in [0, 0.1) is 0 Å². The fourth-order valence-corrected chi connectivity index (χ4v) is 2.36. The number of halogens is 1. The third-order valence-electron chi connectivity index (χ3n) is 3.36. The third-order valence-corrected chi connectivity index (χ3v) is 3.60. The smallest absolute Gasteiger partial charge is 0.339 e. The van der Waals surface area contributed by atoms with E-state index in [0.29, 0.717) is 16.5 Å². The molecule has 0 heterocycles. The van der Waals surface area contributed by atoms with Crippen LogP contribution in [-0.4, -0.2) is 32.0 Å². The summed E-state index contributed by atoms with van der Waals surface area (Å²) in [6.45, 7) is 0. The van der Waals surface area contributed by atoms with Gasteiger partial charge in [-0.15, -0.1) is 0 Å². The van der Waals surface area contributed by atoms with Gasteiger partial charge >= 0.3 is 5.97 Å². The third kappa shape index (κ3) is 4.97. The maximum atomic E-state index is 12.1. The largest absolute Gasteiger partial charge is 0.495 e. The summed E-state index contributed by atoms with van der Waals surface area (Å²) in [4.78, 5) is 35.9. The van der Waals surface area contributed by atoms with Crippen molar-refractivity contribution in [2.75, 3.05) is 24.9 Å². The lowest BCUT2D eigenvalue weighted by atomic mass is 10.1. The lowest BCUT2D eigenvalue weighted by molar-refractivity contribution is -0.123. The number of para-hydroxylation sites is 1. The van der Waals surface area contributed by atoms with Crippen LogP contribution in [0.2, 0.25) is 5.02 Å². The molecule has 0 aromatic heterocycles. The van der Waals surface area contributed by atoms with Crippen LogP contribution >= 0.6 is 11.6 Å². The normalized spacial score (nSPS) is 9.96. The quantitative estimate of drug-likeness (QED) is 0.596. The molecule has 2 aromatic rings. The van der Waals surface area contributed by atoms with Gasteiger partial charge in [0, 0.05) is 5.02 Å². The molecular weight excluding hydrogens is 360 g/mol. The molecule has 2 N–H and O–H groups in total. The molecule has 0 saturated carbocycles. The van der Waals surface area contributed by atoms with E-state index in [1.165, 1.54) is 26.4 Å². The molecule has 26 heavy (non-hydrogen) atoms. The van der Waals surface area contributed by atoms with E-state index in [1.54, 1.807) is 30.3 Å². The van der Waals surface area contributed by atoms with Crippen molar-refractivity contribution in [1.29, 1.82) is 0 Å². The Hall–Kier alpha value is -3.06. The Balaban J connectivity index is 2.04. The Bertz CT molecular complexity index is 838. The van der Waals surface area contributed by atoms with E-state index in [-0.39, 0.29) is 11.3 Å². The Labute approximate surface area is 155 Å². The number of amides is 2. The molecule has 0 aliphatic rings. The van der Waals surface area contributed by atoms with Gasteiger partial charge in [-0.25, -0.2) is 4.79 Å². The lowest BCUT2D eigenvalue weighted by Crippen LogP contribution is -2.22. The number of carbonyl (C=O) groups is 3. The van der Waals surface area contributed by atoms with Crippen molar-refractivity contribution in [3.8, 4) is 5.75 Å². The van der Waals surface area contributed by atoms with Gasteiger partial charge < -0.3 is 20.1 Å². The van der Waals surface area contributed by atoms with E-state index in [1.807, 2.05) is 0 Å². The average Bonchev–Trinajstić information content (AvgIpc) is 2.61. The highest BCUT2D eigenvalue weighted by atomic mass is 35.5. The SMILES string of the molecule is COC(=O)c1ccccc1NC(=O)CC(=O)Nc1cc(Cl)ccc1OC. The van der Waals surface area contributed by atoms with E-state index in [4.69, 9.17) is 16.3 Å². The van der Waals surface area contributed by atoms with Crippen molar-refractivity contribution in [1.82, 2.24) is 0 Å². The van der Waals surface area contributed by atoms with Crippen LogP contribution in [-0.2, 0) is 14.3 Å². The Morgan fingerprint density at radius 3 is 2.27 bits per heavy atom. The lowest BCUT2D eigenvalue weighted by Gasteiger charge is -2.11. The number of nitrogens with one attached hydrogen (secondary N) is 2. The molecule has 0 saturated heterocycles. The molecule has 0 unspecified atom stereocenters. The van der Waals surface area contributed by atoms with E-state index in [9.17, 15) is 14.4 Å². The second-order valence-corrected chi connectivity index (χ2v) is 5.59. The van der Waals surface area contributed by atoms with Crippen LogP contribution in [0.3, 0.4) is 0 Å². The zero-order valence-corrected chi connectivity index (χ0v) is 14.9. The van der Waals surface area contributed by atoms with Gasteiger partial charge in [-0.1, -0.05) is 23.7 Å². The Morgan fingerprint density at radius 2 is 1.62 bits per heavy atom. The van der Waals surface area contributed by atoms with Gasteiger partial charge in [0.2, 0.25) is 11.8 Å². The van der Waals surface area contributed by atoms with Crippen LogP contribution in [0.1, 0.15) is 16.8 Å². The van der Waals surface area contributed by atoms with Crippen molar-refractivity contribution in [3.05, 3.63) is 53.1 Å². The molecule has 2 aromatic carbocycles. The molecular formula is C18H17ClN2O5. The summed E-state index contributed by atoms with van der Waals surface area (Å²) in [5.74, 6) is -1.31. The van der Waals surface area contributed by atoms with Crippen molar-refractivity contribution < 1.29 is 23.9 Å². The number of carbonyl (C=O) groups excluding carboxylic acids is 3. The standard InChI is InChI=1S/C18H17ClN2O5/c1-25-15-8-7-11(19)9-14(15)21-17(23)10-16(22)20-13-6-4-3-5-12(13)18(24)26-2/h3-9H,10H2,1-2H3,(H,20,22)(H,21,23). The van der Waals surface area contributed by atoms with Crippen LogP contribution in [0.25, 0.3) is 0 Å². The van der Waals surface area contributed by atoms with Crippen molar-refractivity contribution in [3.63, 3.8) is 0 Å². The zero-order valence-electron chi connectivity index (χ0n) is 14.2. The second kappa shape index (κ2) is 8.87. The Morgan fingerprint density at radius 1 is 0.962 bits per heavy atom. The molecule has 2 amide bonds. The maximum absolute atomic E-state index is 12.1. The molecule has 0 aliphatic carbocycles. The fourth-order valence-electron chi connectivity index (χ4n) is 2.19. The van der Waals surface area contributed by atoms with E-state index in [2.05, 4.69) is 15.4 Å². The van der Waals surface area contributed by atoms with E-state index >= 15 is 0 Å². The molecule has 0 atom stereocenters. The number of hydrogen-bond acceptors (Lipinski definition) is 5. The molecule has 8 heteroatoms. The molecule has 0 fully saturated rings. The van der Waals surface area contributed by atoms with Crippen molar-refractivity contribution >= 4 is 40.8 Å². The van der Waals surface area contributed by atoms with Gasteiger partial charge in [-0.05, 0) is 30.3 Å². The summed E-state index contributed by atoms with van der Waals surface area (Å²) in [5, 5.41) is 5.51. The van der Waals surface area contributed by atoms with Crippen LogP contribution in [0.15, 0.2) is 42.5 Å². The summed E-state index contributed by atoms with van der Waals surface area (Å²) >= 11 is 5.90. The zero-order chi connectivity index (χ0) is 19.1. The highest BCUT2D eigenvalue weighted by Gasteiger charge is 2.16. The average molecular weight is 377 g/mol. The summed E-state index contributed by atoms with van der Waals surface area (Å²) in [5.41, 5.74) is 0.811. The predicted molar refractivity (Wildman–Crippen MR) is 97.7 cm³/mol. The first-order valence-electron chi connectivity index (χ1n) is 7.55. The number of ether oxygens (including phenoxy) is 2. The highest BCUT2D eigenvalue weighted by Crippen LogP contribution is 2.27. The molecule has 0 aliphatic heterocycles. The summed E-state index contributed by atoms with van der Waals surface area (Å²) in [6, 6.07) is 11.1. The summed E-state index contributed by atoms with van der Waals surface area (Å²) in [7, 11) is 2.70. The van der Waals surface area contributed by atoms with Gasteiger partial charge in [-0.2, -0.15) is 0 Å². The minimum absolute atomic E-state index is 0.195. The number of methoxy groups -OCH3 is 2. The van der Waals surface area contributed by atoms with Gasteiger partial charge in [-0.3, -0.25) is 9.59 Å². The van der Waals surface area contributed by atoms with Gasteiger partial charge in [0.05, 0.1) is 31.2 Å². The maximum Gasteiger partial charge on any atom is 0.339 e. The highest BCUT2D eigenvalue weighted by molar-refractivity contribution is 6.31. The van der Waals surface area contributed by atoms with Crippen LogP contribution < -0.4 is 15.4 Å². The van der Waals surface area contributed by atoms with Gasteiger partial charge in [0.25, 0.3) is 0 Å². The minimum Gasteiger partial charge on any atom is -0.495 e. The van der Waals surface area contributed by atoms with Gasteiger partial charge in [0.15, 0.2) is 0 Å². The molecule has 0 radical (unpaired) electrons. The minimum atomic E-state index is -0.589. The molecule has 2 rings (SSSR count). The van der Waals surface area contributed by atoms with E-state index < -0.39 is 24.2 Å². The number of hydrogen-bond donors (Lipinski definition) is 2. The predicted octanol–water partition coefficient (Wildman–Crippen LogP) is 3.10. The second-order valence-electron chi connectivity index (χ2n) is 5.15. The molecule has 0 bridgehead atoms. The molecule has 136 valence electrons. The summed E-state index contributed by atoms with van der Waals surface area (Å²) in [6.07, 6.45) is -0.453. The van der Waals surface area contributed by atoms with E-state index in [0.717, 1.165) is 0 Å². The van der Waals surface area contributed by atoms with Crippen molar-refractivity contribution in [2.24, 2.45) is 0 Å². The number of rotatable bonds is 6. The van der Waals surface area contributed by atoms with Gasteiger partial charge in [0.1, 0.15) is 12.2 Å². The van der Waals surface area contributed by atoms with Crippen LogP contribution in [0.5, 0.6) is 5.75 Å². The Kier molecular flexibility index (Phi) is 6.57. The van der Waals surface area contributed by atoms with Crippen LogP contribution in [0.4, 0.5) is 11.4 Å². The first kappa shape index (κ1) is 19.3. The molecule has 7 nitrogen and oxygen atoms in total.